The summed E-state index contributed by atoms with van der Waals surface area (Å²) < 4.78 is 10.3. The van der Waals surface area contributed by atoms with E-state index in [2.05, 4.69) is 5.32 Å². The predicted octanol–water partition coefficient (Wildman–Crippen LogP) is 2.64. The fraction of sp³-hybridized carbons (Fsp3) is 0.533. The molecule has 0 aromatic heterocycles. The Kier molecular flexibility index (Phi) is 5.39. The van der Waals surface area contributed by atoms with Gasteiger partial charge in [0.2, 0.25) is 0 Å². The second-order valence-corrected chi connectivity index (χ2v) is 5.66. The van der Waals surface area contributed by atoms with Crippen LogP contribution >= 0.6 is 0 Å². The molecule has 0 bridgehead atoms. The van der Waals surface area contributed by atoms with Gasteiger partial charge >= 0.3 is 6.09 Å². The lowest BCUT2D eigenvalue weighted by atomic mass is 10.0. The Morgan fingerprint density at radius 3 is 2.55 bits per heavy atom. The second kappa shape index (κ2) is 6.61. The zero-order valence-corrected chi connectivity index (χ0v) is 12.6. The van der Waals surface area contributed by atoms with Gasteiger partial charge in [-0.3, -0.25) is 0 Å². The molecular formula is C15H23NO4. The summed E-state index contributed by atoms with van der Waals surface area (Å²) in [6.07, 6.45) is -1.38. The van der Waals surface area contributed by atoms with E-state index >= 15 is 0 Å². The van der Waals surface area contributed by atoms with E-state index in [4.69, 9.17) is 9.47 Å². The third-order valence-electron chi connectivity index (χ3n) is 2.65. The molecule has 2 atom stereocenters. The van der Waals surface area contributed by atoms with Gasteiger partial charge < -0.3 is 19.9 Å². The maximum atomic E-state index is 11.7. The van der Waals surface area contributed by atoms with E-state index < -0.39 is 23.8 Å². The molecule has 5 nitrogen and oxygen atoms in total. The van der Waals surface area contributed by atoms with Crippen LogP contribution in [0.15, 0.2) is 24.3 Å². The molecule has 0 fully saturated rings. The SMILES string of the molecule is COc1cccc([C@H](O)[C@H](C)NC(=O)OC(C)(C)C)c1. The van der Waals surface area contributed by atoms with Crippen molar-refractivity contribution >= 4 is 6.09 Å². The van der Waals surface area contributed by atoms with E-state index in [9.17, 15) is 9.90 Å². The molecule has 1 aromatic carbocycles. The first-order valence-electron chi connectivity index (χ1n) is 6.54. The Balaban J connectivity index is 2.66. The molecule has 0 saturated carbocycles. The number of benzene rings is 1. The Labute approximate surface area is 119 Å². The molecule has 0 saturated heterocycles. The van der Waals surface area contributed by atoms with Gasteiger partial charge in [0.05, 0.1) is 19.3 Å². The largest absolute Gasteiger partial charge is 0.497 e. The summed E-state index contributed by atoms with van der Waals surface area (Å²) in [6.45, 7) is 7.08. The Morgan fingerprint density at radius 2 is 2.00 bits per heavy atom. The molecule has 112 valence electrons. The molecule has 1 amide bonds. The van der Waals surface area contributed by atoms with Crippen molar-refractivity contribution in [2.75, 3.05) is 7.11 Å². The quantitative estimate of drug-likeness (QED) is 0.890. The van der Waals surface area contributed by atoms with Gasteiger partial charge in [-0.15, -0.1) is 0 Å². The molecule has 0 spiro atoms. The van der Waals surface area contributed by atoms with Crippen LogP contribution in [0.1, 0.15) is 39.4 Å². The lowest BCUT2D eigenvalue weighted by molar-refractivity contribution is 0.0435. The summed E-state index contributed by atoms with van der Waals surface area (Å²) >= 11 is 0. The van der Waals surface area contributed by atoms with Crippen molar-refractivity contribution in [1.82, 2.24) is 5.32 Å². The number of ether oxygens (including phenoxy) is 2. The summed E-state index contributed by atoms with van der Waals surface area (Å²) in [5, 5.41) is 12.9. The first-order chi connectivity index (χ1) is 9.23. The average molecular weight is 281 g/mol. The lowest BCUT2D eigenvalue weighted by Crippen LogP contribution is -2.40. The molecule has 20 heavy (non-hydrogen) atoms. The van der Waals surface area contributed by atoms with Crippen molar-refractivity contribution in [2.24, 2.45) is 0 Å². The number of rotatable bonds is 4. The zero-order valence-electron chi connectivity index (χ0n) is 12.6. The molecule has 0 aliphatic rings. The fourth-order valence-electron chi connectivity index (χ4n) is 1.69. The van der Waals surface area contributed by atoms with Gasteiger partial charge in [0.1, 0.15) is 11.4 Å². The summed E-state index contributed by atoms with van der Waals surface area (Å²) in [6, 6.07) is 6.62. The highest BCUT2D eigenvalue weighted by Gasteiger charge is 2.22. The van der Waals surface area contributed by atoms with Crippen molar-refractivity contribution in [3.8, 4) is 5.75 Å². The van der Waals surface area contributed by atoms with Gasteiger partial charge in [0.15, 0.2) is 0 Å². The number of amides is 1. The minimum atomic E-state index is -0.836. The van der Waals surface area contributed by atoms with Gasteiger partial charge in [-0.1, -0.05) is 12.1 Å². The summed E-state index contributed by atoms with van der Waals surface area (Å²) in [7, 11) is 1.56. The summed E-state index contributed by atoms with van der Waals surface area (Å²) in [4.78, 5) is 11.7. The molecule has 2 N–H and O–H groups in total. The van der Waals surface area contributed by atoms with Gasteiger partial charge in [-0.2, -0.15) is 0 Å². The monoisotopic (exact) mass is 281 g/mol. The Bertz CT molecular complexity index is 453. The lowest BCUT2D eigenvalue weighted by Gasteiger charge is -2.24. The first kappa shape index (κ1) is 16.3. The number of alkyl carbamates (subject to hydrolysis) is 1. The maximum Gasteiger partial charge on any atom is 0.407 e. The second-order valence-electron chi connectivity index (χ2n) is 5.66. The number of aliphatic hydroxyl groups is 1. The van der Waals surface area contributed by atoms with E-state index in [0.29, 0.717) is 11.3 Å². The minimum Gasteiger partial charge on any atom is -0.497 e. The molecule has 0 heterocycles. The van der Waals surface area contributed by atoms with Gasteiger partial charge in [0, 0.05) is 0 Å². The molecular weight excluding hydrogens is 258 g/mol. The first-order valence-corrected chi connectivity index (χ1v) is 6.54. The number of hydrogen-bond acceptors (Lipinski definition) is 4. The Hall–Kier alpha value is -1.75. The third kappa shape index (κ3) is 5.09. The topological polar surface area (TPSA) is 67.8 Å². The molecule has 5 heteroatoms. The molecule has 1 aromatic rings. The van der Waals surface area contributed by atoms with Crippen LogP contribution in [0, 0.1) is 0 Å². The van der Waals surface area contributed by atoms with Crippen LogP contribution in [0.25, 0.3) is 0 Å². The van der Waals surface area contributed by atoms with Crippen molar-refractivity contribution < 1.29 is 19.4 Å². The van der Waals surface area contributed by atoms with Crippen molar-refractivity contribution in [3.63, 3.8) is 0 Å². The van der Waals surface area contributed by atoms with Crippen LogP contribution < -0.4 is 10.1 Å². The van der Waals surface area contributed by atoms with Crippen LogP contribution in [0.2, 0.25) is 0 Å². The molecule has 0 unspecified atom stereocenters. The van der Waals surface area contributed by atoms with Crippen LogP contribution in [0.5, 0.6) is 5.75 Å². The van der Waals surface area contributed by atoms with E-state index in [-0.39, 0.29) is 0 Å². The van der Waals surface area contributed by atoms with Gasteiger partial charge in [-0.05, 0) is 45.4 Å². The molecule has 0 radical (unpaired) electrons. The highest BCUT2D eigenvalue weighted by Crippen LogP contribution is 2.21. The smallest absolute Gasteiger partial charge is 0.407 e. The van der Waals surface area contributed by atoms with Crippen molar-refractivity contribution in [2.45, 2.75) is 45.4 Å². The zero-order chi connectivity index (χ0) is 15.3. The van der Waals surface area contributed by atoms with E-state index in [1.54, 1.807) is 59.1 Å². The summed E-state index contributed by atoms with van der Waals surface area (Å²) in [5.41, 5.74) is 0.109. The predicted molar refractivity (Wildman–Crippen MR) is 76.8 cm³/mol. The third-order valence-corrected chi connectivity index (χ3v) is 2.65. The van der Waals surface area contributed by atoms with E-state index in [1.165, 1.54) is 0 Å². The standard InChI is InChI=1S/C15H23NO4/c1-10(16-14(18)20-15(2,3)4)13(17)11-7-6-8-12(9-11)19-5/h6-10,13,17H,1-5H3,(H,16,18)/t10-,13+/m0/s1. The number of hydrogen-bond donors (Lipinski definition) is 2. The normalized spacial score (nSPS) is 14.3. The molecule has 0 aliphatic carbocycles. The molecule has 1 rings (SSSR count). The highest BCUT2D eigenvalue weighted by molar-refractivity contribution is 5.68. The van der Waals surface area contributed by atoms with Crippen molar-refractivity contribution in [3.05, 3.63) is 29.8 Å². The van der Waals surface area contributed by atoms with E-state index in [1.807, 2.05) is 0 Å². The van der Waals surface area contributed by atoms with Crippen LogP contribution in [-0.2, 0) is 4.74 Å². The fourth-order valence-corrected chi connectivity index (χ4v) is 1.69. The highest BCUT2D eigenvalue weighted by atomic mass is 16.6. The van der Waals surface area contributed by atoms with E-state index in [0.717, 1.165) is 0 Å². The van der Waals surface area contributed by atoms with Gasteiger partial charge in [0.25, 0.3) is 0 Å². The Morgan fingerprint density at radius 1 is 1.35 bits per heavy atom. The van der Waals surface area contributed by atoms with Crippen LogP contribution in [0.4, 0.5) is 4.79 Å². The minimum absolute atomic E-state index is 0.475. The number of carbonyl (C=O) groups is 1. The average Bonchev–Trinajstić information content (AvgIpc) is 2.35. The number of nitrogens with one attached hydrogen (secondary N) is 1. The van der Waals surface area contributed by atoms with Gasteiger partial charge in [-0.25, -0.2) is 4.79 Å². The number of aliphatic hydroxyl groups excluding tert-OH is 1. The van der Waals surface area contributed by atoms with Crippen LogP contribution in [0.3, 0.4) is 0 Å². The summed E-state index contributed by atoms with van der Waals surface area (Å²) in [5.74, 6) is 0.658. The van der Waals surface area contributed by atoms with Crippen LogP contribution in [-0.4, -0.2) is 30.0 Å². The number of methoxy groups -OCH3 is 1. The number of carbonyl (C=O) groups excluding carboxylic acids is 1. The molecule has 0 aliphatic heterocycles. The maximum absolute atomic E-state index is 11.7. The van der Waals surface area contributed by atoms with Crippen molar-refractivity contribution in [1.29, 1.82) is 0 Å².